The van der Waals surface area contributed by atoms with Crippen molar-refractivity contribution < 1.29 is 27.9 Å². The minimum Gasteiger partial charge on any atom is -0.480 e. The molecule has 0 radical (unpaired) electrons. The fraction of sp³-hybridized carbons (Fsp3) is 0.640. The molecule has 1 aromatic carbocycles. The fourth-order valence-electron chi connectivity index (χ4n) is 4.13. The number of piperidine rings is 1. The maximum absolute atomic E-state index is 13.2. The number of rotatable bonds is 12. The molecule has 1 aliphatic heterocycles. The predicted molar refractivity (Wildman–Crippen MR) is 133 cm³/mol. The van der Waals surface area contributed by atoms with Gasteiger partial charge in [0.1, 0.15) is 12.1 Å². The molecule has 0 unspecified atom stereocenters. The molecule has 9 nitrogen and oxygen atoms in total. The van der Waals surface area contributed by atoms with Crippen molar-refractivity contribution in [3.8, 4) is 0 Å². The molecule has 0 aromatic heterocycles. The first-order chi connectivity index (χ1) is 16.5. The third kappa shape index (κ3) is 8.31. The smallest absolute Gasteiger partial charge is 0.326 e. The van der Waals surface area contributed by atoms with E-state index < -0.39 is 28.1 Å². The second kappa shape index (κ2) is 13.0. The summed E-state index contributed by atoms with van der Waals surface area (Å²) in [5, 5.41) is 12.1. The van der Waals surface area contributed by atoms with Gasteiger partial charge in [0.2, 0.25) is 21.8 Å². The van der Waals surface area contributed by atoms with Gasteiger partial charge in [-0.15, -0.1) is 0 Å². The van der Waals surface area contributed by atoms with E-state index in [-0.39, 0.29) is 28.5 Å². The van der Waals surface area contributed by atoms with Crippen LogP contribution in [0.3, 0.4) is 0 Å². The number of nitrogens with zero attached hydrogens (tertiary/aromatic N) is 1. The third-order valence-electron chi connectivity index (χ3n) is 6.43. The van der Waals surface area contributed by atoms with Crippen LogP contribution in [0.5, 0.6) is 0 Å². The molecule has 0 spiro atoms. The average Bonchev–Trinajstić information content (AvgIpc) is 2.81. The monoisotopic (exact) mass is 509 g/mol. The Labute approximate surface area is 208 Å². The Morgan fingerprint density at radius 1 is 1.09 bits per heavy atom. The number of carbonyl (C=O) groups excluding carboxylic acids is 2. The van der Waals surface area contributed by atoms with Crippen molar-refractivity contribution in [2.45, 2.75) is 83.2 Å². The van der Waals surface area contributed by atoms with E-state index in [2.05, 4.69) is 10.0 Å². The molecule has 1 aliphatic rings. The van der Waals surface area contributed by atoms with Gasteiger partial charge < -0.3 is 15.3 Å². The van der Waals surface area contributed by atoms with E-state index >= 15 is 0 Å². The molecule has 1 aromatic rings. The Hall–Kier alpha value is -2.46. The zero-order chi connectivity index (χ0) is 26.2. The number of carboxylic acid groups (broad SMARTS) is 1. The highest BCUT2D eigenvalue weighted by atomic mass is 32.2. The van der Waals surface area contributed by atoms with E-state index in [1.165, 1.54) is 12.1 Å². The number of benzene rings is 1. The molecule has 2 amide bonds. The van der Waals surface area contributed by atoms with Crippen LogP contribution in [0.25, 0.3) is 0 Å². The molecule has 0 saturated carbocycles. The van der Waals surface area contributed by atoms with Crippen molar-refractivity contribution in [3.63, 3.8) is 0 Å². The molecule has 0 bridgehead atoms. The number of unbranched alkanes of at least 4 members (excludes halogenated alkanes) is 2. The molecule has 10 heteroatoms. The number of nitrogens with one attached hydrogen (secondary N) is 2. The maximum Gasteiger partial charge on any atom is 0.326 e. The van der Waals surface area contributed by atoms with Gasteiger partial charge in [-0.25, -0.2) is 13.2 Å². The van der Waals surface area contributed by atoms with Crippen LogP contribution >= 0.6 is 0 Å². The Morgan fingerprint density at radius 2 is 1.69 bits per heavy atom. The largest absolute Gasteiger partial charge is 0.480 e. The van der Waals surface area contributed by atoms with Gasteiger partial charge in [-0.1, -0.05) is 57.7 Å². The predicted octanol–water partition coefficient (Wildman–Crippen LogP) is 2.69. The second-order valence-corrected chi connectivity index (χ2v) is 11.4. The van der Waals surface area contributed by atoms with Crippen molar-refractivity contribution >= 4 is 27.8 Å². The summed E-state index contributed by atoms with van der Waals surface area (Å²) in [5.74, 6) is -2.32. The maximum atomic E-state index is 13.2. The van der Waals surface area contributed by atoms with Crippen molar-refractivity contribution in [2.75, 3.05) is 13.1 Å². The van der Waals surface area contributed by atoms with Crippen molar-refractivity contribution in [3.05, 3.63) is 29.8 Å². The van der Waals surface area contributed by atoms with Crippen LogP contribution in [0.2, 0.25) is 0 Å². The highest BCUT2D eigenvalue weighted by Crippen LogP contribution is 2.21. The van der Waals surface area contributed by atoms with Crippen LogP contribution in [0.4, 0.5) is 0 Å². The lowest BCUT2D eigenvalue weighted by Gasteiger charge is -2.35. The number of aryl methyl sites for hydroxylation is 1. The van der Waals surface area contributed by atoms with Gasteiger partial charge >= 0.3 is 5.97 Å². The van der Waals surface area contributed by atoms with E-state index in [1.807, 2.05) is 13.8 Å². The Bertz CT molecular complexity index is 969. The van der Waals surface area contributed by atoms with E-state index in [9.17, 15) is 27.9 Å². The molecule has 1 fully saturated rings. The molecule has 1 saturated heterocycles. The molecule has 2 atom stereocenters. The zero-order valence-electron chi connectivity index (χ0n) is 21.1. The van der Waals surface area contributed by atoms with Gasteiger partial charge in [0, 0.05) is 19.0 Å². The fourth-order valence-corrected chi connectivity index (χ4v) is 5.47. The van der Waals surface area contributed by atoms with Crippen molar-refractivity contribution in [2.24, 2.45) is 11.8 Å². The topological polar surface area (TPSA) is 133 Å². The first-order valence-corrected chi connectivity index (χ1v) is 13.9. The number of carbonyl (C=O) groups is 3. The number of amides is 2. The Kier molecular flexibility index (Phi) is 10.7. The summed E-state index contributed by atoms with van der Waals surface area (Å²) < 4.78 is 28.3. The van der Waals surface area contributed by atoms with E-state index in [0.717, 1.165) is 24.8 Å². The standard InChI is InChI=1S/C25H39N3O6S/c1-5-6-7-8-21(25(31)32)26-23(29)19-13-15-28(16-14-19)24(30)22(17(2)3)27-35(33,34)20-11-9-18(4)10-12-20/h9-12,17,19,21-22,27H,5-8,13-16H2,1-4H3,(H,26,29)(H,31,32)/t21-,22+/m1/s1. The first-order valence-electron chi connectivity index (χ1n) is 12.4. The number of aliphatic carboxylic acids is 1. The van der Waals surface area contributed by atoms with E-state index in [1.54, 1.807) is 30.9 Å². The number of carboxylic acids is 1. The summed E-state index contributed by atoms with van der Waals surface area (Å²) in [6, 6.07) is 4.59. The van der Waals surface area contributed by atoms with Crippen LogP contribution < -0.4 is 10.0 Å². The minimum atomic E-state index is -3.88. The van der Waals surface area contributed by atoms with Crippen LogP contribution in [-0.2, 0) is 24.4 Å². The van der Waals surface area contributed by atoms with Crippen molar-refractivity contribution in [1.29, 1.82) is 0 Å². The minimum absolute atomic E-state index is 0.101. The highest BCUT2D eigenvalue weighted by molar-refractivity contribution is 7.89. The van der Waals surface area contributed by atoms with E-state index in [0.29, 0.717) is 32.4 Å². The average molecular weight is 510 g/mol. The molecule has 1 heterocycles. The number of likely N-dealkylation sites (tertiary alicyclic amines) is 1. The van der Waals surface area contributed by atoms with Gasteiger partial charge in [0.15, 0.2) is 0 Å². The summed E-state index contributed by atoms with van der Waals surface area (Å²) in [5.41, 5.74) is 0.933. The second-order valence-electron chi connectivity index (χ2n) is 9.65. The van der Waals surface area contributed by atoms with Gasteiger partial charge in [-0.05, 0) is 44.2 Å². The van der Waals surface area contributed by atoms with Crippen molar-refractivity contribution in [1.82, 2.24) is 14.9 Å². The molecule has 0 aliphatic carbocycles. The van der Waals surface area contributed by atoms with Gasteiger partial charge in [0.25, 0.3) is 0 Å². The summed E-state index contributed by atoms with van der Waals surface area (Å²) in [6.07, 6.45) is 3.79. The van der Waals surface area contributed by atoms with Crippen LogP contribution in [0, 0.1) is 18.8 Å². The SMILES string of the molecule is CCCCC[C@@H](NC(=O)C1CCN(C(=O)[C@@H](NS(=O)(=O)c2ccc(C)cc2)C(C)C)CC1)C(=O)O. The molecule has 2 rings (SSSR count). The number of hydrogen-bond donors (Lipinski definition) is 3. The van der Waals surface area contributed by atoms with Crippen LogP contribution in [-0.4, -0.2) is 61.4 Å². The zero-order valence-corrected chi connectivity index (χ0v) is 21.9. The molecular formula is C25H39N3O6S. The summed E-state index contributed by atoms with van der Waals surface area (Å²) >= 11 is 0. The number of sulfonamides is 1. The molecule has 3 N–H and O–H groups in total. The van der Waals surface area contributed by atoms with Crippen LogP contribution in [0.15, 0.2) is 29.2 Å². The normalized spacial score (nSPS) is 16.7. The summed E-state index contributed by atoms with van der Waals surface area (Å²) in [4.78, 5) is 39.1. The first kappa shape index (κ1) is 28.8. The number of hydrogen-bond acceptors (Lipinski definition) is 5. The van der Waals surface area contributed by atoms with E-state index in [4.69, 9.17) is 0 Å². The molecule has 196 valence electrons. The molecule has 35 heavy (non-hydrogen) atoms. The summed E-state index contributed by atoms with van der Waals surface area (Å²) in [7, 11) is -3.88. The highest BCUT2D eigenvalue weighted by Gasteiger charge is 2.35. The van der Waals surface area contributed by atoms with Crippen LogP contribution in [0.1, 0.15) is 64.9 Å². The quantitative estimate of drug-likeness (QED) is 0.371. The van der Waals surface area contributed by atoms with Gasteiger partial charge in [-0.3, -0.25) is 9.59 Å². The lowest BCUT2D eigenvalue weighted by atomic mass is 9.94. The Morgan fingerprint density at radius 3 is 2.20 bits per heavy atom. The lowest BCUT2D eigenvalue weighted by Crippen LogP contribution is -2.54. The summed E-state index contributed by atoms with van der Waals surface area (Å²) in [6.45, 7) is 8.07. The lowest BCUT2D eigenvalue weighted by molar-refractivity contribution is -0.143. The molecular weight excluding hydrogens is 470 g/mol. The third-order valence-corrected chi connectivity index (χ3v) is 7.89. The van der Waals surface area contributed by atoms with Gasteiger partial charge in [0.05, 0.1) is 4.90 Å². The Balaban J connectivity index is 1.97. The van der Waals surface area contributed by atoms with Gasteiger partial charge in [-0.2, -0.15) is 4.72 Å².